The molecule has 0 unspecified atom stereocenters. The Labute approximate surface area is 118 Å². The molecular formula is C15H21N3O2. The number of nitrogens with one attached hydrogen (secondary N) is 1. The molecule has 1 N–H and O–H groups in total. The number of ether oxygens (including phenoxy) is 2. The van der Waals surface area contributed by atoms with E-state index in [9.17, 15) is 0 Å². The second kappa shape index (κ2) is 5.71. The zero-order valence-corrected chi connectivity index (χ0v) is 12.1. The van der Waals surface area contributed by atoms with Gasteiger partial charge in [-0.25, -0.2) is 4.98 Å². The predicted octanol–water partition coefficient (Wildman–Crippen LogP) is 2.57. The maximum absolute atomic E-state index is 5.59. The monoisotopic (exact) mass is 275 g/mol. The van der Waals surface area contributed by atoms with Crippen LogP contribution in [0.1, 0.15) is 25.6 Å². The SMILES string of the molecule is CCCCN(C)Cc1nc2cc3c(cc2[nH]1)OCCO3. The van der Waals surface area contributed by atoms with Crippen LogP contribution in [0.25, 0.3) is 11.0 Å². The topological polar surface area (TPSA) is 50.4 Å². The molecule has 5 nitrogen and oxygen atoms in total. The van der Waals surface area contributed by atoms with Crippen molar-refractivity contribution in [3.8, 4) is 11.5 Å². The second-order valence-corrected chi connectivity index (χ2v) is 5.29. The Hall–Kier alpha value is -1.75. The molecule has 1 aliphatic heterocycles. The van der Waals surface area contributed by atoms with Crippen LogP contribution in [0.4, 0.5) is 0 Å². The van der Waals surface area contributed by atoms with Gasteiger partial charge in [-0.05, 0) is 20.0 Å². The first-order valence-corrected chi connectivity index (χ1v) is 7.23. The maximum Gasteiger partial charge on any atom is 0.163 e. The van der Waals surface area contributed by atoms with Gasteiger partial charge in [-0.3, -0.25) is 4.90 Å². The van der Waals surface area contributed by atoms with Crippen molar-refractivity contribution in [3.05, 3.63) is 18.0 Å². The van der Waals surface area contributed by atoms with E-state index in [2.05, 4.69) is 28.8 Å². The van der Waals surface area contributed by atoms with Crippen LogP contribution >= 0.6 is 0 Å². The average Bonchev–Trinajstić information content (AvgIpc) is 2.83. The molecule has 0 atom stereocenters. The number of aromatic amines is 1. The van der Waals surface area contributed by atoms with Crippen molar-refractivity contribution in [2.45, 2.75) is 26.3 Å². The minimum absolute atomic E-state index is 0.607. The zero-order valence-electron chi connectivity index (χ0n) is 12.1. The largest absolute Gasteiger partial charge is 0.486 e. The third-order valence-corrected chi connectivity index (χ3v) is 3.51. The summed E-state index contributed by atoms with van der Waals surface area (Å²) in [6.07, 6.45) is 2.43. The molecule has 0 fully saturated rings. The van der Waals surface area contributed by atoms with Gasteiger partial charge in [0.15, 0.2) is 11.5 Å². The summed E-state index contributed by atoms with van der Waals surface area (Å²) in [6, 6.07) is 3.93. The summed E-state index contributed by atoms with van der Waals surface area (Å²) >= 11 is 0. The molecular weight excluding hydrogens is 254 g/mol. The fourth-order valence-corrected chi connectivity index (χ4v) is 2.44. The van der Waals surface area contributed by atoms with Gasteiger partial charge >= 0.3 is 0 Å². The lowest BCUT2D eigenvalue weighted by molar-refractivity contribution is 0.172. The van der Waals surface area contributed by atoms with Gasteiger partial charge in [0.25, 0.3) is 0 Å². The number of hydrogen-bond donors (Lipinski definition) is 1. The number of H-pyrrole nitrogens is 1. The lowest BCUT2D eigenvalue weighted by Crippen LogP contribution is -2.19. The Kier molecular flexibility index (Phi) is 3.78. The first kappa shape index (κ1) is 13.2. The van der Waals surface area contributed by atoms with Crippen LogP contribution in [0.3, 0.4) is 0 Å². The van der Waals surface area contributed by atoms with Crippen molar-refractivity contribution in [2.24, 2.45) is 0 Å². The van der Waals surface area contributed by atoms with Crippen LogP contribution in [-0.4, -0.2) is 41.7 Å². The van der Waals surface area contributed by atoms with Crippen molar-refractivity contribution in [1.82, 2.24) is 14.9 Å². The lowest BCUT2D eigenvalue weighted by atomic mass is 10.2. The van der Waals surface area contributed by atoms with Gasteiger partial charge in [-0.15, -0.1) is 0 Å². The highest BCUT2D eigenvalue weighted by Gasteiger charge is 2.15. The summed E-state index contributed by atoms with van der Waals surface area (Å²) in [6.45, 7) is 5.35. The molecule has 1 aromatic heterocycles. The second-order valence-electron chi connectivity index (χ2n) is 5.29. The number of nitrogens with zero attached hydrogens (tertiary/aromatic N) is 2. The standard InChI is InChI=1S/C15H21N3O2/c1-3-4-5-18(2)10-15-16-11-8-13-14(9-12(11)17-15)20-7-6-19-13/h8-9H,3-7,10H2,1-2H3,(H,16,17). The van der Waals surface area contributed by atoms with E-state index in [-0.39, 0.29) is 0 Å². The number of aromatic nitrogens is 2. The molecule has 20 heavy (non-hydrogen) atoms. The Morgan fingerprint density at radius 3 is 2.75 bits per heavy atom. The number of unbranched alkanes of at least 4 members (excludes halogenated alkanes) is 1. The minimum atomic E-state index is 0.607. The molecule has 1 aromatic carbocycles. The van der Waals surface area contributed by atoms with Crippen molar-refractivity contribution in [1.29, 1.82) is 0 Å². The van der Waals surface area contributed by atoms with E-state index in [1.54, 1.807) is 0 Å². The molecule has 2 aromatic rings. The van der Waals surface area contributed by atoms with Crippen molar-refractivity contribution in [3.63, 3.8) is 0 Å². The van der Waals surface area contributed by atoms with Crippen LogP contribution in [0.15, 0.2) is 12.1 Å². The number of imidazole rings is 1. The number of fused-ring (bicyclic) bond motifs is 2. The maximum atomic E-state index is 5.59. The van der Waals surface area contributed by atoms with Gasteiger partial charge in [-0.2, -0.15) is 0 Å². The molecule has 0 aliphatic carbocycles. The molecule has 0 saturated carbocycles. The number of benzene rings is 1. The fraction of sp³-hybridized carbons (Fsp3) is 0.533. The lowest BCUT2D eigenvalue weighted by Gasteiger charge is -2.17. The van der Waals surface area contributed by atoms with Crippen molar-refractivity contribution >= 4 is 11.0 Å². The molecule has 3 rings (SSSR count). The first-order chi connectivity index (χ1) is 9.76. The highest BCUT2D eigenvalue weighted by molar-refractivity contribution is 5.79. The molecule has 1 aliphatic rings. The van der Waals surface area contributed by atoms with Crippen LogP contribution in [0.5, 0.6) is 11.5 Å². The summed E-state index contributed by atoms with van der Waals surface area (Å²) in [5.41, 5.74) is 1.95. The van der Waals surface area contributed by atoms with Crippen molar-refractivity contribution in [2.75, 3.05) is 26.8 Å². The van der Waals surface area contributed by atoms with Crippen LogP contribution in [-0.2, 0) is 6.54 Å². The van der Waals surface area contributed by atoms with Gasteiger partial charge in [0.1, 0.15) is 19.0 Å². The fourth-order valence-electron chi connectivity index (χ4n) is 2.44. The third kappa shape index (κ3) is 2.72. The van der Waals surface area contributed by atoms with Crippen LogP contribution < -0.4 is 9.47 Å². The quantitative estimate of drug-likeness (QED) is 0.911. The van der Waals surface area contributed by atoms with Crippen molar-refractivity contribution < 1.29 is 9.47 Å². The van der Waals surface area contributed by atoms with E-state index >= 15 is 0 Å². The molecule has 2 heterocycles. The van der Waals surface area contributed by atoms with Crippen LogP contribution in [0.2, 0.25) is 0 Å². The highest BCUT2D eigenvalue weighted by atomic mass is 16.6. The molecule has 0 saturated heterocycles. The highest BCUT2D eigenvalue weighted by Crippen LogP contribution is 2.33. The Bertz CT molecular complexity index is 551. The minimum Gasteiger partial charge on any atom is -0.486 e. The van der Waals surface area contributed by atoms with Crippen LogP contribution in [0, 0.1) is 0 Å². The summed E-state index contributed by atoms with van der Waals surface area (Å²) in [7, 11) is 2.13. The summed E-state index contributed by atoms with van der Waals surface area (Å²) in [5.74, 6) is 2.58. The van der Waals surface area contributed by atoms with Gasteiger partial charge < -0.3 is 14.5 Å². The number of hydrogen-bond acceptors (Lipinski definition) is 4. The molecule has 5 heteroatoms. The molecule has 0 amide bonds. The summed E-state index contributed by atoms with van der Waals surface area (Å²) in [5, 5.41) is 0. The Morgan fingerprint density at radius 1 is 1.25 bits per heavy atom. The normalized spacial score (nSPS) is 14.2. The van der Waals surface area contributed by atoms with E-state index in [4.69, 9.17) is 9.47 Å². The molecule has 0 spiro atoms. The molecule has 0 radical (unpaired) electrons. The summed E-state index contributed by atoms with van der Waals surface area (Å²) < 4.78 is 11.2. The Morgan fingerprint density at radius 2 is 2.00 bits per heavy atom. The zero-order chi connectivity index (χ0) is 13.9. The summed E-state index contributed by atoms with van der Waals surface area (Å²) in [4.78, 5) is 10.3. The Balaban J connectivity index is 1.80. The average molecular weight is 275 g/mol. The molecule has 0 bridgehead atoms. The van der Waals surface area contributed by atoms with Gasteiger partial charge in [0.05, 0.1) is 17.6 Å². The molecule has 108 valence electrons. The van der Waals surface area contributed by atoms with E-state index in [1.165, 1.54) is 12.8 Å². The van der Waals surface area contributed by atoms with E-state index in [0.717, 1.165) is 41.4 Å². The van der Waals surface area contributed by atoms with E-state index in [1.807, 2.05) is 12.1 Å². The van der Waals surface area contributed by atoms with Gasteiger partial charge in [0, 0.05) is 12.1 Å². The smallest absolute Gasteiger partial charge is 0.163 e. The first-order valence-electron chi connectivity index (χ1n) is 7.23. The third-order valence-electron chi connectivity index (χ3n) is 3.51. The number of rotatable bonds is 5. The predicted molar refractivity (Wildman–Crippen MR) is 78.3 cm³/mol. The van der Waals surface area contributed by atoms with E-state index < -0.39 is 0 Å². The van der Waals surface area contributed by atoms with Gasteiger partial charge in [0.2, 0.25) is 0 Å². The van der Waals surface area contributed by atoms with E-state index in [0.29, 0.717) is 13.2 Å². The van der Waals surface area contributed by atoms with Gasteiger partial charge in [-0.1, -0.05) is 13.3 Å².